The molecule has 4 fully saturated rings. The summed E-state index contributed by atoms with van der Waals surface area (Å²) in [5.41, 5.74) is -1.87. The van der Waals surface area contributed by atoms with Crippen LogP contribution in [0.3, 0.4) is 0 Å². The highest BCUT2D eigenvalue weighted by Crippen LogP contribution is 2.75. The fourth-order valence-corrected chi connectivity index (χ4v) is 19.4. The second-order valence-corrected chi connectivity index (χ2v) is 36.0. The van der Waals surface area contributed by atoms with Crippen LogP contribution in [0.1, 0.15) is 461 Å². The molecule has 15 heteroatoms. The van der Waals surface area contributed by atoms with Crippen LogP contribution in [0, 0.1) is 33.5 Å². The molecule has 4 rings (SSSR count). The van der Waals surface area contributed by atoms with Crippen molar-refractivity contribution >= 4 is 17.9 Å². The third kappa shape index (κ3) is 48.9. The topological polar surface area (TPSA) is 156 Å². The van der Waals surface area contributed by atoms with Crippen LogP contribution in [-0.2, 0) is 66.5 Å². The quantitative estimate of drug-likeness (QED) is 0.0245. The molecule has 113 heavy (non-hydrogen) atoms. The molecular weight excluding hydrogens is 1420 g/mol. The molecule has 0 saturated heterocycles. The summed E-state index contributed by atoms with van der Waals surface area (Å²) < 4.78 is 72.9. The average molecular weight is 1600 g/mol. The Kier molecular flexibility index (Phi) is 64.9. The van der Waals surface area contributed by atoms with Gasteiger partial charge < -0.3 is 57.0 Å². The first-order valence-corrected chi connectivity index (χ1v) is 49.4. The minimum Gasteiger partial charge on any atom is -0.466 e. The zero-order valence-corrected chi connectivity index (χ0v) is 76.5. The molecule has 15 nitrogen and oxygen atoms in total. The highest BCUT2D eigenvalue weighted by atomic mass is 16.7. The van der Waals surface area contributed by atoms with Gasteiger partial charge in [-0.05, 0) is 196 Å². The molecule has 0 N–H and O–H groups in total. The molecule has 4 aliphatic rings. The Labute approximate surface area is 698 Å². The van der Waals surface area contributed by atoms with E-state index in [1.54, 1.807) is 0 Å². The number of ether oxygens (including phenoxy) is 11. The number of carbonyl (C=O) groups excluding carboxylic acids is 3. The van der Waals surface area contributed by atoms with Crippen LogP contribution in [0.5, 0.6) is 0 Å². The molecule has 4 bridgehead atoms. The summed E-state index contributed by atoms with van der Waals surface area (Å²) in [6.07, 6.45) is 59.6. The largest absolute Gasteiger partial charge is 0.466 e. The maximum atomic E-state index is 16.6. The Morgan fingerprint density at radius 3 is 0.991 bits per heavy atom. The van der Waals surface area contributed by atoms with Gasteiger partial charge in [-0.25, -0.2) is 0 Å². The zero-order chi connectivity index (χ0) is 81.9. The monoisotopic (exact) mass is 1600 g/mol. The first-order chi connectivity index (χ1) is 55.2. The van der Waals surface area contributed by atoms with Crippen LogP contribution in [0.15, 0.2) is 0 Å². The lowest BCUT2D eigenvalue weighted by Crippen LogP contribution is -2.61. The van der Waals surface area contributed by atoms with E-state index >= 15 is 9.59 Å². The second-order valence-electron chi connectivity index (χ2n) is 36.0. The molecule has 4 aliphatic carbocycles. The highest BCUT2D eigenvalue weighted by Gasteiger charge is 2.67. The van der Waals surface area contributed by atoms with E-state index in [4.69, 9.17) is 52.1 Å². The summed E-state index contributed by atoms with van der Waals surface area (Å²) in [5, 5.41) is 0. The summed E-state index contributed by atoms with van der Waals surface area (Å²) in [4.78, 5) is 48.5. The molecule has 668 valence electrons. The zero-order valence-electron chi connectivity index (χ0n) is 76.5. The van der Waals surface area contributed by atoms with Gasteiger partial charge in [0.15, 0.2) is 25.2 Å². The van der Waals surface area contributed by atoms with Crippen molar-refractivity contribution in [1.29, 1.82) is 0 Å². The number of unbranched alkanes of at least 4 members (excludes halogenated alkanes) is 32. The van der Waals surface area contributed by atoms with Gasteiger partial charge in [0, 0.05) is 78.7 Å². The van der Waals surface area contributed by atoms with Crippen molar-refractivity contribution in [1.82, 2.24) is 4.90 Å². The smallest absolute Gasteiger partial charge is 0.312 e. The summed E-state index contributed by atoms with van der Waals surface area (Å²) in [6, 6.07) is 0. The van der Waals surface area contributed by atoms with Crippen molar-refractivity contribution in [2.24, 2.45) is 33.5 Å². The first-order valence-electron chi connectivity index (χ1n) is 49.4. The molecule has 4 saturated carbocycles. The van der Waals surface area contributed by atoms with Crippen LogP contribution < -0.4 is 0 Å². The van der Waals surface area contributed by atoms with Gasteiger partial charge in [-0.1, -0.05) is 282 Å². The molecule has 0 radical (unpaired) electrons. The van der Waals surface area contributed by atoms with Gasteiger partial charge >= 0.3 is 17.9 Å². The molecule has 0 heterocycles. The van der Waals surface area contributed by atoms with Gasteiger partial charge in [-0.2, -0.15) is 0 Å². The maximum Gasteiger partial charge on any atom is 0.312 e. The van der Waals surface area contributed by atoms with E-state index in [2.05, 4.69) is 81.1 Å². The summed E-state index contributed by atoms with van der Waals surface area (Å²) in [6.45, 7) is 33.8. The SMILES string of the molecule is CCCCCCCOC(CCCOC(=O)C(C)C12CC3CC(CCC(=O)OCCCN(CC)CC)(CC(CC(CCCC(OCCCCCCC)OCCCCCCC)(CCCC(OCCCCCCC)OCCCCCCC)C(=O)OCCCC(OCCCCCCC)OCCCCCCC)(C3)C1)C2)OCCCCCCC. The van der Waals surface area contributed by atoms with Crippen LogP contribution in [0.2, 0.25) is 0 Å². The summed E-state index contributed by atoms with van der Waals surface area (Å²) >= 11 is 0. The van der Waals surface area contributed by atoms with Crippen LogP contribution in [0.25, 0.3) is 0 Å². The van der Waals surface area contributed by atoms with Crippen molar-refractivity contribution in [3.05, 3.63) is 0 Å². The predicted molar refractivity (Wildman–Crippen MR) is 468 cm³/mol. The number of rotatable bonds is 86. The third-order valence-electron chi connectivity index (χ3n) is 25.6. The average Bonchev–Trinajstić information content (AvgIpc) is 0.693. The molecule has 5 unspecified atom stereocenters. The van der Waals surface area contributed by atoms with Gasteiger partial charge in [-0.15, -0.1) is 0 Å². The molecular formula is C98H187NO14. The normalized spacial score (nSPS) is 18.5. The summed E-state index contributed by atoms with van der Waals surface area (Å²) in [5.74, 6) is -0.459. The van der Waals surface area contributed by atoms with Crippen molar-refractivity contribution in [3.8, 4) is 0 Å². The minimum absolute atomic E-state index is 0.114. The Balaban J connectivity index is 2.25. The van der Waals surface area contributed by atoms with Crippen molar-refractivity contribution in [2.45, 2.75) is 487 Å². The third-order valence-corrected chi connectivity index (χ3v) is 25.6. The second kappa shape index (κ2) is 69.7. The molecule has 0 amide bonds. The maximum absolute atomic E-state index is 16.6. The fraction of sp³-hybridized carbons (Fsp3) is 0.969. The predicted octanol–water partition coefficient (Wildman–Crippen LogP) is 27.2. The Morgan fingerprint density at radius 1 is 0.336 bits per heavy atom. The highest BCUT2D eigenvalue weighted by molar-refractivity contribution is 5.77. The molecule has 0 aromatic carbocycles. The van der Waals surface area contributed by atoms with Gasteiger partial charge in [-0.3, -0.25) is 14.4 Å². The lowest BCUT2D eigenvalue weighted by atomic mass is 9.35. The first kappa shape index (κ1) is 105. The lowest BCUT2D eigenvalue weighted by Gasteiger charge is -2.69. The van der Waals surface area contributed by atoms with Crippen molar-refractivity contribution in [3.63, 3.8) is 0 Å². The molecule has 5 atom stereocenters. The van der Waals surface area contributed by atoms with E-state index in [0.717, 1.165) is 180 Å². The molecule has 0 spiro atoms. The number of hydrogen-bond donors (Lipinski definition) is 0. The minimum atomic E-state index is -0.910. The summed E-state index contributed by atoms with van der Waals surface area (Å²) in [7, 11) is 0. The van der Waals surface area contributed by atoms with E-state index < -0.39 is 16.7 Å². The van der Waals surface area contributed by atoms with Crippen molar-refractivity contribution < 1.29 is 66.5 Å². The van der Waals surface area contributed by atoms with Gasteiger partial charge in [0.25, 0.3) is 0 Å². The van der Waals surface area contributed by atoms with Crippen LogP contribution in [-0.4, -0.2) is 140 Å². The van der Waals surface area contributed by atoms with Gasteiger partial charge in [0.1, 0.15) is 0 Å². The van der Waals surface area contributed by atoms with E-state index in [1.165, 1.54) is 154 Å². The van der Waals surface area contributed by atoms with Crippen LogP contribution >= 0.6 is 0 Å². The Hall–Kier alpha value is -1.95. The van der Waals surface area contributed by atoms with Gasteiger partial charge in [0.05, 0.1) is 31.2 Å². The molecule has 0 aromatic heterocycles. The van der Waals surface area contributed by atoms with E-state index in [1.807, 2.05) is 0 Å². The van der Waals surface area contributed by atoms with E-state index in [9.17, 15) is 4.79 Å². The number of nitrogens with zero attached hydrogens (tertiary/aromatic N) is 1. The van der Waals surface area contributed by atoms with Gasteiger partial charge in [0.2, 0.25) is 0 Å². The Morgan fingerprint density at radius 2 is 0.646 bits per heavy atom. The fourth-order valence-electron chi connectivity index (χ4n) is 19.4. The molecule has 0 aliphatic heterocycles. The standard InChI is InChI=1S/C98H187NO14/c1-12-22-30-38-46-68-104-89(105-69-47-39-31-23-13-2)59-54-64-97(65-55-60-90(106-70-48-40-32-24-14-3)107-71-49-41-33-25-15-4,94(102)113-77-57-62-92(110-74-52-44-36-28-18-7)111-75-53-45-37-29-19-8)84-96-80-87-79-95(82-96,66-63-88(100)103-78-58-67-99(20-9)21-10)83-98(81-87,85-96)86(11)93(101)112-76-56-61-91(108-72-50-42-34-26-16-5)109-73-51-43-35-27-17-6/h86-87,89-92H,12-85H2,1-11H3. The van der Waals surface area contributed by atoms with E-state index in [0.29, 0.717) is 143 Å². The lowest BCUT2D eigenvalue weighted by molar-refractivity contribution is -0.207. The van der Waals surface area contributed by atoms with Crippen molar-refractivity contribution in [2.75, 3.05) is 92.3 Å². The Bertz CT molecular complexity index is 2080. The van der Waals surface area contributed by atoms with Crippen LogP contribution in [0.4, 0.5) is 0 Å². The number of hydrogen-bond acceptors (Lipinski definition) is 15. The molecule has 0 aromatic rings. The number of esters is 3. The number of carbonyl (C=O) groups is 3. The van der Waals surface area contributed by atoms with E-state index in [-0.39, 0.29) is 60.5 Å².